The van der Waals surface area contributed by atoms with Crippen LogP contribution in [0.5, 0.6) is 0 Å². The van der Waals surface area contributed by atoms with Gasteiger partial charge in [0.15, 0.2) is 0 Å². The maximum atomic E-state index is 11.2. The molecule has 0 saturated heterocycles. The Morgan fingerprint density at radius 1 is 1.47 bits per heavy atom. The summed E-state index contributed by atoms with van der Waals surface area (Å²) in [5.74, 6) is 0.0110. The molecule has 0 aliphatic heterocycles. The van der Waals surface area contributed by atoms with Crippen molar-refractivity contribution in [3.05, 3.63) is 36.0 Å². The summed E-state index contributed by atoms with van der Waals surface area (Å²) < 4.78 is 0. The molecule has 3 heteroatoms. The van der Waals surface area contributed by atoms with Crippen molar-refractivity contribution in [2.75, 3.05) is 6.61 Å². The highest BCUT2D eigenvalue weighted by atomic mass is 16.3. The summed E-state index contributed by atoms with van der Waals surface area (Å²) in [7, 11) is 0. The predicted octanol–water partition coefficient (Wildman–Crippen LogP) is 2.10. The van der Waals surface area contributed by atoms with Crippen LogP contribution in [0.4, 0.5) is 0 Å². The Morgan fingerprint density at radius 2 is 2.12 bits per heavy atom. The van der Waals surface area contributed by atoms with E-state index < -0.39 is 0 Å². The molecule has 3 nitrogen and oxygen atoms in total. The molecule has 0 atom stereocenters. The summed E-state index contributed by atoms with van der Waals surface area (Å²) in [6.07, 6.45) is 8.41. The van der Waals surface area contributed by atoms with Crippen LogP contribution in [0.1, 0.15) is 33.1 Å². The van der Waals surface area contributed by atoms with Crippen molar-refractivity contribution < 1.29 is 9.90 Å². The van der Waals surface area contributed by atoms with E-state index in [0.29, 0.717) is 0 Å². The summed E-state index contributed by atoms with van der Waals surface area (Å²) in [6, 6.07) is 0. The lowest BCUT2D eigenvalue weighted by atomic mass is 10.0. The third-order valence-corrected chi connectivity index (χ3v) is 3.10. The van der Waals surface area contributed by atoms with Crippen LogP contribution in [-0.2, 0) is 4.79 Å². The number of hydrogen-bond donors (Lipinski definition) is 2. The van der Waals surface area contributed by atoms with E-state index in [0.717, 1.165) is 24.8 Å². The highest BCUT2D eigenvalue weighted by Crippen LogP contribution is 2.43. The Hall–Kier alpha value is -1.35. The standard InChI is InChI=1S/C14H21NO2/c1-4-12(10-16)6-7-13(5-2)14(8-9-14)15-11(3)17/h4,6-7,16H,1,5,8-10H2,2-3H3,(H,15,17)/b12-6+,13-7+. The van der Waals surface area contributed by atoms with E-state index in [9.17, 15) is 4.79 Å². The molecular formula is C14H21NO2. The molecule has 0 unspecified atom stereocenters. The van der Waals surface area contributed by atoms with Gasteiger partial charge in [0, 0.05) is 6.92 Å². The molecule has 1 fully saturated rings. The molecule has 0 bridgehead atoms. The summed E-state index contributed by atoms with van der Waals surface area (Å²) in [5.41, 5.74) is 1.87. The minimum absolute atomic E-state index is 0.00979. The van der Waals surface area contributed by atoms with Crippen LogP contribution >= 0.6 is 0 Å². The zero-order valence-corrected chi connectivity index (χ0v) is 10.6. The molecular weight excluding hydrogens is 214 g/mol. The molecule has 94 valence electrons. The van der Waals surface area contributed by atoms with Crippen molar-refractivity contribution in [1.29, 1.82) is 0 Å². The van der Waals surface area contributed by atoms with Gasteiger partial charge in [-0.25, -0.2) is 0 Å². The zero-order chi connectivity index (χ0) is 12.9. The van der Waals surface area contributed by atoms with Gasteiger partial charge in [-0.05, 0) is 30.4 Å². The van der Waals surface area contributed by atoms with E-state index in [2.05, 4.69) is 18.8 Å². The number of hydrogen-bond acceptors (Lipinski definition) is 2. The van der Waals surface area contributed by atoms with Gasteiger partial charge in [-0.1, -0.05) is 31.7 Å². The number of aliphatic hydroxyl groups is 1. The van der Waals surface area contributed by atoms with Crippen molar-refractivity contribution >= 4 is 5.91 Å². The number of aliphatic hydroxyl groups excluding tert-OH is 1. The first-order chi connectivity index (χ1) is 8.07. The fourth-order valence-electron chi connectivity index (χ4n) is 2.00. The van der Waals surface area contributed by atoms with Crippen LogP contribution in [0.25, 0.3) is 0 Å². The lowest BCUT2D eigenvalue weighted by molar-refractivity contribution is -0.119. The van der Waals surface area contributed by atoms with Crippen molar-refractivity contribution in [3.63, 3.8) is 0 Å². The fourth-order valence-corrected chi connectivity index (χ4v) is 2.00. The molecule has 0 aromatic carbocycles. The Balaban J connectivity index is 2.84. The first kappa shape index (κ1) is 13.7. The molecule has 1 aliphatic rings. The number of rotatable bonds is 6. The minimum Gasteiger partial charge on any atom is -0.392 e. The molecule has 0 aromatic rings. The van der Waals surface area contributed by atoms with Gasteiger partial charge in [0.1, 0.15) is 0 Å². The summed E-state index contributed by atoms with van der Waals surface area (Å²) >= 11 is 0. The molecule has 17 heavy (non-hydrogen) atoms. The number of allylic oxidation sites excluding steroid dienone is 2. The molecule has 0 spiro atoms. The van der Waals surface area contributed by atoms with E-state index in [4.69, 9.17) is 5.11 Å². The maximum Gasteiger partial charge on any atom is 0.217 e. The fraction of sp³-hybridized carbons (Fsp3) is 0.500. The maximum absolute atomic E-state index is 11.2. The van der Waals surface area contributed by atoms with Gasteiger partial charge in [0.25, 0.3) is 0 Å². The first-order valence-corrected chi connectivity index (χ1v) is 6.00. The number of carbonyl (C=O) groups excluding carboxylic acids is 1. The predicted molar refractivity (Wildman–Crippen MR) is 69.5 cm³/mol. The second-order valence-corrected chi connectivity index (χ2v) is 4.41. The summed E-state index contributed by atoms with van der Waals surface area (Å²) in [6.45, 7) is 7.25. The Morgan fingerprint density at radius 3 is 2.47 bits per heavy atom. The number of nitrogens with one attached hydrogen (secondary N) is 1. The van der Waals surface area contributed by atoms with Crippen LogP contribution in [0.2, 0.25) is 0 Å². The van der Waals surface area contributed by atoms with Crippen LogP contribution in [0.15, 0.2) is 36.0 Å². The third-order valence-electron chi connectivity index (χ3n) is 3.10. The van der Waals surface area contributed by atoms with Crippen LogP contribution in [-0.4, -0.2) is 23.2 Å². The van der Waals surface area contributed by atoms with Crippen LogP contribution in [0.3, 0.4) is 0 Å². The normalized spacial score (nSPS) is 18.8. The SMILES string of the molecule is C=C/C(=C\C=C(/CC)C1(NC(C)=O)CC1)CO. The molecule has 0 heterocycles. The summed E-state index contributed by atoms with van der Waals surface area (Å²) in [4.78, 5) is 11.2. The second-order valence-electron chi connectivity index (χ2n) is 4.41. The van der Waals surface area contributed by atoms with Gasteiger partial charge < -0.3 is 10.4 Å². The van der Waals surface area contributed by atoms with Crippen LogP contribution < -0.4 is 5.32 Å². The van der Waals surface area contributed by atoms with E-state index in [1.165, 1.54) is 5.57 Å². The zero-order valence-electron chi connectivity index (χ0n) is 10.6. The minimum atomic E-state index is -0.126. The van der Waals surface area contributed by atoms with Crippen LogP contribution in [0, 0.1) is 0 Å². The number of carbonyl (C=O) groups is 1. The van der Waals surface area contributed by atoms with Gasteiger partial charge >= 0.3 is 0 Å². The van der Waals surface area contributed by atoms with E-state index in [-0.39, 0.29) is 18.1 Å². The lowest BCUT2D eigenvalue weighted by Gasteiger charge is -2.19. The molecule has 0 radical (unpaired) electrons. The van der Waals surface area contributed by atoms with Gasteiger partial charge in [-0.3, -0.25) is 4.79 Å². The Bertz CT molecular complexity index is 362. The molecule has 1 amide bonds. The molecule has 1 rings (SSSR count). The molecule has 1 saturated carbocycles. The van der Waals surface area contributed by atoms with Crippen molar-refractivity contribution in [1.82, 2.24) is 5.32 Å². The number of amides is 1. The molecule has 1 aliphatic carbocycles. The van der Waals surface area contributed by atoms with Gasteiger partial charge in [-0.2, -0.15) is 0 Å². The first-order valence-electron chi connectivity index (χ1n) is 6.00. The van der Waals surface area contributed by atoms with E-state index >= 15 is 0 Å². The average molecular weight is 235 g/mol. The monoisotopic (exact) mass is 235 g/mol. The van der Waals surface area contributed by atoms with Crippen molar-refractivity contribution in [2.45, 2.75) is 38.6 Å². The van der Waals surface area contributed by atoms with E-state index in [1.54, 1.807) is 13.0 Å². The Labute approximate surface area is 103 Å². The smallest absolute Gasteiger partial charge is 0.217 e. The van der Waals surface area contributed by atoms with E-state index in [1.807, 2.05) is 12.2 Å². The van der Waals surface area contributed by atoms with Crippen molar-refractivity contribution in [2.24, 2.45) is 0 Å². The Kier molecular flexibility index (Phi) is 4.70. The van der Waals surface area contributed by atoms with Gasteiger partial charge in [0.2, 0.25) is 5.91 Å². The van der Waals surface area contributed by atoms with Crippen molar-refractivity contribution in [3.8, 4) is 0 Å². The lowest BCUT2D eigenvalue weighted by Crippen LogP contribution is -2.36. The third kappa shape index (κ3) is 3.56. The molecule has 2 N–H and O–H groups in total. The quantitative estimate of drug-likeness (QED) is 0.693. The largest absolute Gasteiger partial charge is 0.392 e. The van der Waals surface area contributed by atoms with Gasteiger partial charge in [0.05, 0.1) is 12.1 Å². The van der Waals surface area contributed by atoms with Gasteiger partial charge in [-0.15, -0.1) is 0 Å². The summed E-state index contributed by atoms with van der Waals surface area (Å²) in [5, 5.41) is 12.1. The topological polar surface area (TPSA) is 49.3 Å². The average Bonchev–Trinajstić information content (AvgIpc) is 3.04. The highest BCUT2D eigenvalue weighted by molar-refractivity contribution is 5.75. The highest BCUT2D eigenvalue weighted by Gasteiger charge is 2.45. The second kappa shape index (κ2) is 5.82. The molecule has 0 aromatic heterocycles.